The summed E-state index contributed by atoms with van der Waals surface area (Å²) in [7, 11) is 0. The molecule has 0 N–H and O–H groups in total. The predicted octanol–water partition coefficient (Wildman–Crippen LogP) is 2.90. The molecular formula is C20H16O6. The molecule has 2 atom stereocenters. The SMILES string of the molecule is C[C@@H]1OC(=O)C(OC(=O)c2ccccc2)=C[C@H]1OC(=O)c1ccccc1. The summed E-state index contributed by atoms with van der Waals surface area (Å²) < 4.78 is 15.6. The second-order valence-corrected chi connectivity index (χ2v) is 5.63. The van der Waals surface area contributed by atoms with Crippen LogP contribution in [0, 0.1) is 0 Å². The fraction of sp³-hybridized carbons (Fsp3) is 0.150. The average molecular weight is 352 g/mol. The minimum Gasteiger partial charge on any atom is -0.453 e. The summed E-state index contributed by atoms with van der Waals surface area (Å²) in [5.74, 6) is -2.35. The summed E-state index contributed by atoms with van der Waals surface area (Å²) in [4.78, 5) is 36.3. The number of ether oxygens (including phenoxy) is 3. The van der Waals surface area contributed by atoms with Gasteiger partial charge < -0.3 is 14.2 Å². The molecule has 0 bridgehead atoms. The zero-order valence-electron chi connectivity index (χ0n) is 14.0. The number of benzene rings is 2. The largest absolute Gasteiger partial charge is 0.453 e. The van der Waals surface area contributed by atoms with Gasteiger partial charge in [0.15, 0.2) is 6.10 Å². The lowest BCUT2D eigenvalue weighted by Crippen LogP contribution is -2.37. The fourth-order valence-corrected chi connectivity index (χ4v) is 2.35. The average Bonchev–Trinajstić information content (AvgIpc) is 2.66. The smallest absolute Gasteiger partial charge is 0.374 e. The van der Waals surface area contributed by atoms with E-state index in [0.29, 0.717) is 5.56 Å². The van der Waals surface area contributed by atoms with E-state index in [0.717, 1.165) is 0 Å². The Labute approximate surface area is 150 Å². The van der Waals surface area contributed by atoms with Crippen LogP contribution in [0.4, 0.5) is 0 Å². The molecule has 0 aliphatic carbocycles. The lowest BCUT2D eigenvalue weighted by molar-refractivity contribution is -0.154. The highest BCUT2D eigenvalue weighted by atomic mass is 16.6. The molecule has 0 aromatic heterocycles. The second-order valence-electron chi connectivity index (χ2n) is 5.63. The first-order valence-corrected chi connectivity index (χ1v) is 8.00. The monoisotopic (exact) mass is 352 g/mol. The van der Waals surface area contributed by atoms with Crippen molar-refractivity contribution in [1.82, 2.24) is 0 Å². The molecule has 0 amide bonds. The van der Waals surface area contributed by atoms with Crippen LogP contribution in [-0.4, -0.2) is 30.1 Å². The standard InChI is InChI=1S/C20H16O6/c1-13-16(25-18(21)14-8-4-2-5-9-14)12-17(20(23)24-13)26-19(22)15-10-6-3-7-11-15/h2-13,16H,1H3/t13-,16+/m0/s1. The van der Waals surface area contributed by atoms with Crippen molar-refractivity contribution < 1.29 is 28.6 Å². The highest BCUT2D eigenvalue weighted by Crippen LogP contribution is 2.20. The molecule has 0 unspecified atom stereocenters. The van der Waals surface area contributed by atoms with E-state index in [4.69, 9.17) is 14.2 Å². The molecule has 0 saturated heterocycles. The molecule has 132 valence electrons. The maximum atomic E-state index is 12.2. The normalized spacial score (nSPS) is 19.1. The number of hydrogen-bond donors (Lipinski definition) is 0. The molecule has 1 aliphatic rings. The van der Waals surface area contributed by atoms with Gasteiger partial charge in [0, 0.05) is 6.08 Å². The van der Waals surface area contributed by atoms with Crippen LogP contribution in [0.2, 0.25) is 0 Å². The van der Waals surface area contributed by atoms with Crippen LogP contribution >= 0.6 is 0 Å². The maximum Gasteiger partial charge on any atom is 0.374 e. The van der Waals surface area contributed by atoms with Gasteiger partial charge in [0.25, 0.3) is 0 Å². The molecule has 2 aromatic rings. The van der Waals surface area contributed by atoms with Gasteiger partial charge in [0.1, 0.15) is 6.10 Å². The van der Waals surface area contributed by atoms with E-state index in [-0.39, 0.29) is 11.3 Å². The molecule has 2 aromatic carbocycles. The first-order valence-electron chi connectivity index (χ1n) is 8.00. The van der Waals surface area contributed by atoms with E-state index in [1.807, 2.05) is 0 Å². The van der Waals surface area contributed by atoms with Gasteiger partial charge in [-0.3, -0.25) is 0 Å². The molecule has 3 rings (SSSR count). The van der Waals surface area contributed by atoms with Crippen LogP contribution < -0.4 is 0 Å². The van der Waals surface area contributed by atoms with Crippen molar-refractivity contribution in [2.24, 2.45) is 0 Å². The number of carbonyl (C=O) groups is 3. The van der Waals surface area contributed by atoms with E-state index in [9.17, 15) is 14.4 Å². The maximum absolute atomic E-state index is 12.2. The van der Waals surface area contributed by atoms with Crippen LogP contribution in [0.5, 0.6) is 0 Å². The van der Waals surface area contributed by atoms with Crippen molar-refractivity contribution >= 4 is 17.9 Å². The molecule has 0 radical (unpaired) electrons. The van der Waals surface area contributed by atoms with Crippen molar-refractivity contribution in [2.75, 3.05) is 0 Å². The summed E-state index contributed by atoms with van der Waals surface area (Å²) in [5.41, 5.74) is 0.658. The Morgan fingerprint density at radius 3 is 2.00 bits per heavy atom. The summed E-state index contributed by atoms with van der Waals surface area (Å²) in [6.45, 7) is 1.59. The van der Waals surface area contributed by atoms with Gasteiger partial charge in [-0.1, -0.05) is 36.4 Å². The Balaban J connectivity index is 1.75. The number of carbonyl (C=O) groups excluding carboxylic acids is 3. The molecule has 0 fully saturated rings. The van der Waals surface area contributed by atoms with E-state index in [1.54, 1.807) is 67.6 Å². The zero-order valence-corrected chi connectivity index (χ0v) is 14.0. The van der Waals surface area contributed by atoms with E-state index < -0.39 is 30.1 Å². The van der Waals surface area contributed by atoms with Gasteiger partial charge in [-0.05, 0) is 31.2 Å². The molecular weight excluding hydrogens is 336 g/mol. The van der Waals surface area contributed by atoms with Crippen LogP contribution in [0.25, 0.3) is 0 Å². The van der Waals surface area contributed by atoms with Crippen LogP contribution in [-0.2, 0) is 19.0 Å². The zero-order chi connectivity index (χ0) is 18.5. The van der Waals surface area contributed by atoms with E-state index >= 15 is 0 Å². The molecule has 6 nitrogen and oxygen atoms in total. The third kappa shape index (κ3) is 3.97. The van der Waals surface area contributed by atoms with Crippen LogP contribution in [0.3, 0.4) is 0 Å². The van der Waals surface area contributed by atoms with Crippen LogP contribution in [0.1, 0.15) is 27.6 Å². The quantitative estimate of drug-likeness (QED) is 0.622. The van der Waals surface area contributed by atoms with Crippen molar-refractivity contribution in [1.29, 1.82) is 0 Å². The highest BCUT2D eigenvalue weighted by molar-refractivity contribution is 5.96. The Morgan fingerprint density at radius 2 is 1.42 bits per heavy atom. The van der Waals surface area contributed by atoms with Gasteiger partial charge in [-0.2, -0.15) is 0 Å². The topological polar surface area (TPSA) is 78.9 Å². The van der Waals surface area contributed by atoms with Gasteiger partial charge in [-0.15, -0.1) is 0 Å². The Morgan fingerprint density at radius 1 is 0.885 bits per heavy atom. The van der Waals surface area contributed by atoms with Gasteiger partial charge >= 0.3 is 17.9 Å². The van der Waals surface area contributed by atoms with Gasteiger partial charge in [0.2, 0.25) is 5.76 Å². The second kappa shape index (κ2) is 7.65. The highest BCUT2D eigenvalue weighted by Gasteiger charge is 2.33. The Bertz CT molecular complexity index is 841. The number of hydrogen-bond acceptors (Lipinski definition) is 6. The molecule has 0 saturated carbocycles. The number of cyclic esters (lactones) is 1. The van der Waals surface area contributed by atoms with Crippen molar-refractivity contribution in [2.45, 2.75) is 19.1 Å². The van der Waals surface area contributed by atoms with Crippen LogP contribution in [0.15, 0.2) is 72.5 Å². The predicted molar refractivity (Wildman–Crippen MR) is 91.1 cm³/mol. The number of esters is 3. The molecule has 0 spiro atoms. The number of rotatable bonds is 4. The minimum atomic E-state index is -0.862. The molecule has 1 aliphatic heterocycles. The fourth-order valence-electron chi connectivity index (χ4n) is 2.35. The summed E-state index contributed by atoms with van der Waals surface area (Å²) in [5, 5.41) is 0. The lowest BCUT2D eigenvalue weighted by Gasteiger charge is -2.26. The molecule has 6 heteroatoms. The lowest BCUT2D eigenvalue weighted by atomic mass is 10.1. The third-order valence-electron chi connectivity index (χ3n) is 3.74. The minimum absolute atomic E-state index is 0.289. The molecule has 1 heterocycles. The van der Waals surface area contributed by atoms with Crippen molar-refractivity contribution in [3.63, 3.8) is 0 Å². The third-order valence-corrected chi connectivity index (χ3v) is 3.74. The first kappa shape index (κ1) is 17.4. The molecule has 26 heavy (non-hydrogen) atoms. The Hall–Kier alpha value is -3.41. The van der Waals surface area contributed by atoms with Gasteiger partial charge in [0.05, 0.1) is 11.1 Å². The summed E-state index contributed by atoms with van der Waals surface area (Å²) in [6.07, 6.45) is -0.272. The van der Waals surface area contributed by atoms with Crippen molar-refractivity contribution in [3.8, 4) is 0 Å². The van der Waals surface area contributed by atoms with E-state index in [2.05, 4.69) is 0 Å². The van der Waals surface area contributed by atoms with Crippen molar-refractivity contribution in [3.05, 3.63) is 83.6 Å². The summed E-state index contributed by atoms with van der Waals surface area (Å²) in [6, 6.07) is 16.7. The first-order chi connectivity index (χ1) is 12.5. The summed E-state index contributed by atoms with van der Waals surface area (Å²) >= 11 is 0. The Kier molecular flexibility index (Phi) is 5.12. The van der Waals surface area contributed by atoms with E-state index in [1.165, 1.54) is 6.08 Å². The van der Waals surface area contributed by atoms with Gasteiger partial charge in [-0.25, -0.2) is 14.4 Å².